The van der Waals surface area contributed by atoms with Gasteiger partial charge in [0, 0.05) is 0 Å². The first-order valence-corrected chi connectivity index (χ1v) is 7.97. The Morgan fingerprint density at radius 2 is 1.27 bits per heavy atom. The molecule has 1 aliphatic rings. The Balaban J connectivity index is 2.58. The van der Waals surface area contributed by atoms with Crippen molar-refractivity contribution in [3.63, 3.8) is 0 Å². The Hall–Kier alpha value is -1.07. The van der Waals surface area contributed by atoms with E-state index in [2.05, 4.69) is 0 Å². The molecule has 6 atom stereocenters. The smallest absolute Gasteiger partial charge is 0.227 e. The van der Waals surface area contributed by atoms with Gasteiger partial charge in [-0.3, -0.25) is 0 Å². The van der Waals surface area contributed by atoms with Gasteiger partial charge in [0.25, 0.3) is 0 Å². The van der Waals surface area contributed by atoms with Gasteiger partial charge in [0.05, 0.1) is 4.90 Å². The largest absolute Gasteiger partial charge is 0.387 e. The van der Waals surface area contributed by atoms with E-state index in [1.54, 1.807) is 6.92 Å². The Kier molecular flexibility index (Phi) is 4.35. The van der Waals surface area contributed by atoms with E-state index in [4.69, 9.17) is 0 Å². The minimum Gasteiger partial charge on any atom is -0.387 e. The highest BCUT2D eigenvalue weighted by molar-refractivity contribution is 7.92. The zero-order chi connectivity index (χ0) is 16.9. The van der Waals surface area contributed by atoms with E-state index in [1.807, 2.05) is 0 Å². The van der Waals surface area contributed by atoms with E-state index in [0.29, 0.717) is 0 Å². The summed E-state index contributed by atoms with van der Waals surface area (Å²) in [5, 5.41) is 58.9. The van der Waals surface area contributed by atoms with Gasteiger partial charge in [0.1, 0.15) is 30.5 Å². The van der Waals surface area contributed by atoms with Crippen molar-refractivity contribution in [3.05, 3.63) is 29.8 Å². The van der Waals surface area contributed by atoms with E-state index in [0.717, 1.165) is 17.7 Å². The zero-order valence-corrected chi connectivity index (χ0v) is 12.4. The molecule has 1 saturated carbocycles. The van der Waals surface area contributed by atoms with Gasteiger partial charge in [-0.2, -0.15) is 0 Å². The Labute approximate surface area is 126 Å². The first-order valence-electron chi connectivity index (χ1n) is 6.49. The Morgan fingerprint density at radius 3 is 1.68 bits per heavy atom. The first-order chi connectivity index (χ1) is 10.0. The van der Waals surface area contributed by atoms with Crippen LogP contribution < -0.4 is 0 Å². The number of aryl methyl sites for hydroxylation is 1. The summed E-state index contributed by atoms with van der Waals surface area (Å²) in [5.41, 5.74) is 0.742. The molecular formula is C13H18O8S. The molecular weight excluding hydrogens is 316 g/mol. The van der Waals surface area contributed by atoms with Gasteiger partial charge in [-0.15, -0.1) is 0 Å². The fourth-order valence-corrected chi connectivity index (χ4v) is 4.25. The topological polar surface area (TPSA) is 156 Å². The highest BCUT2D eigenvalue weighted by Crippen LogP contribution is 2.38. The monoisotopic (exact) mass is 334 g/mol. The predicted octanol–water partition coefficient (Wildman–Crippen LogP) is -2.72. The molecule has 1 aliphatic carbocycles. The molecule has 0 radical (unpaired) electrons. The molecule has 0 aromatic heterocycles. The molecule has 0 heterocycles. The molecule has 1 fully saturated rings. The highest BCUT2D eigenvalue weighted by Gasteiger charge is 2.64. The number of hydrogen-bond donors (Lipinski definition) is 6. The van der Waals surface area contributed by atoms with Crippen LogP contribution in [0.25, 0.3) is 0 Å². The van der Waals surface area contributed by atoms with Crippen molar-refractivity contribution in [1.29, 1.82) is 0 Å². The summed E-state index contributed by atoms with van der Waals surface area (Å²) in [6.07, 6.45) is -11.1. The third-order valence-corrected chi connectivity index (χ3v) is 6.19. The van der Waals surface area contributed by atoms with E-state index >= 15 is 0 Å². The van der Waals surface area contributed by atoms with Gasteiger partial charge in [-0.05, 0) is 19.1 Å². The third kappa shape index (κ3) is 2.26. The van der Waals surface area contributed by atoms with Crippen molar-refractivity contribution in [3.8, 4) is 0 Å². The van der Waals surface area contributed by atoms with E-state index in [9.17, 15) is 39.1 Å². The van der Waals surface area contributed by atoms with Crippen LogP contribution in [0.2, 0.25) is 0 Å². The fraction of sp³-hybridized carbons (Fsp3) is 0.538. The van der Waals surface area contributed by atoms with Crippen LogP contribution in [0.15, 0.2) is 29.2 Å². The van der Waals surface area contributed by atoms with Crippen LogP contribution in [0, 0.1) is 6.92 Å². The van der Waals surface area contributed by atoms with Crippen LogP contribution in [0.3, 0.4) is 0 Å². The third-order valence-electron chi connectivity index (χ3n) is 3.96. The maximum Gasteiger partial charge on any atom is 0.227 e. The fourth-order valence-electron chi connectivity index (χ4n) is 2.46. The van der Waals surface area contributed by atoms with Crippen molar-refractivity contribution < 1.29 is 39.1 Å². The molecule has 0 amide bonds. The van der Waals surface area contributed by atoms with Crippen LogP contribution in [0.4, 0.5) is 0 Å². The summed E-state index contributed by atoms with van der Waals surface area (Å²) in [4.78, 5) is -3.67. The summed E-state index contributed by atoms with van der Waals surface area (Å²) in [5.74, 6) is 0. The predicted molar refractivity (Wildman–Crippen MR) is 73.3 cm³/mol. The first kappa shape index (κ1) is 17.3. The highest BCUT2D eigenvalue weighted by atomic mass is 32.2. The molecule has 9 heteroatoms. The van der Waals surface area contributed by atoms with E-state index < -0.39 is 50.2 Å². The lowest BCUT2D eigenvalue weighted by molar-refractivity contribution is -0.238. The number of aliphatic hydroxyl groups excluding tert-OH is 5. The Bertz CT molecular complexity index is 625. The van der Waals surface area contributed by atoms with Crippen molar-refractivity contribution in [1.82, 2.24) is 0 Å². The molecule has 8 nitrogen and oxygen atoms in total. The maximum atomic E-state index is 12.6. The summed E-state index contributed by atoms with van der Waals surface area (Å²) >= 11 is 0. The molecule has 1 aromatic rings. The average Bonchev–Trinajstić information content (AvgIpc) is 2.49. The summed E-state index contributed by atoms with van der Waals surface area (Å²) in [6.45, 7) is 1.71. The quantitative estimate of drug-likeness (QED) is 0.341. The normalized spacial score (nSPS) is 39.7. The van der Waals surface area contributed by atoms with Crippen LogP contribution in [-0.4, -0.2) is 74.5 Å². The van der Waals surface area contributed by atoms with Crippen molar-refractivity contribution >= 4 is 9.84 Å². The lowest BCUT2D eigenvalue weighted by Crippen LogP contribution is -2.73. The second-order valence-corrected chi connectivity index (χ2v) is 7.56. The lowest BCUT2D eigenvalue weighted by Gasteiger charge is -2.46. The van der Waals surface area contributed by atoms with Crippen LogP contribution in [0.5, 0.6) is 0 Å². The van der Waals surface area contributed by atoms with Crippen LogP contribution in [-0.2, 0) is 9.84 Å². The maximum absolute atomic E-state index is 12.6. The molecule has 1 aromatic carbocycles. The summed E-state index contributed by atoms with van der Waals surface area (Å²) in [6, 6.07) is 5.21. The minimum absolute atomic E-state index is 0.408. The van der Waals surface area contributed by atoms with Gasteiger partial charge >= 0.3 is 0 Å². The van der Waals surface area contributed by atoms with Crippen LogP contribution >= 0.6 is 0 Å². The molecule has 2 unspecified atom stereocenters. The Morgan fingerprint density at radius 1 is 0.864 bits per heavy atom. The summed E-state index contributed by atoms with van der Waals surface area (Å²) < 4.78 is 25.1. The molecule has 0 saturated heterocycles. The van der Waals surface area contributed by atoms with E-state index in [-0.39, 0.29) is 0 Å². The van der Waals surface area contributed by atoms with Crippen molar-refractivity contribution in [2.24, 2.45) is 0 Å². The summed E-state index contributed by atoms with van der Waals surface area (Å²) in [7, 11) is -4.74. The van der Waals surface area contributed by atoms with Crippen molar-refractivity contribution in [2.75, 3.05) is 0 Å². The molecule has 6 N–H and O–H groups in total. The van der Waals surface area contributed by atoms with Gasteiger partial charge in [-0.1, -0.05) is 17.7 Å². The molecule has 124 valence electrons. The number of benzene rings is 1. The van der Waals surface area contributed by atoms with E-state index in [1.165, 1.54) is 12.1 Å². The average molecular weight is 334 g/mol. The molecule has 0 spiro atoms. The second-order valence-electron chi connectivity index (χ2n) is 5.43. The van der Waals surface area contributed by atoms with Gasteiger partial charge < -0.3 is 30.6 Å². The molecule has 2 rings (SSSR count). The zero-order valence-electron chi connectivity index (χ0n) is 11.6. The van der Waals surface area contributed by atoms with Crippen LogP contribution in [0.1, 0.15) is 5.56 Å². The number of hydrogen-bond acceptors (Lipinski definition) is 8. The molecule has 0 aliphatic heterocycles. The number of sulfone groups is 1. The van der Waals surface area contributed by atoms with Crippen molar-refractivity contribution in [2.45, 2.75) is 47.3 Å². The standard InChI is InChI=1S/C13H18O8S/c1-6-2-4-7(5-3-6)22(20,21)13(19)11(17)9(15)8(14)10(16)12(13)18/h2-5,8-12,14-19H,1H3/t8?,9-,10+,11-,12-,13?/m1/s1. The van der Waals surface area contributed by atoms with Gasteiger partial charge in [0.15, 0.2) is 0 Å². The number of rotatable bonds is 2. The molecule has 0 bridgehead atoms. The SMILES string of the molecule is Cc1ccc(S(=O)(=O)C2(O)[C@H](O)[C@H](O)C(O)[C@H](O)[C@H]2O)cc1. The van der Waals surface area contributed by atoms with Gasteiger partial charge in [-0.25, -0.2) is 8.42 Å². The molecule has 22 heavy (non-hydrogen) atoms. The van der Waals surface area contributed by atoms with Gasteiger partial charge in [0.2, 0.25) is 14.8 Å². The second kappa shape index (κ2) is 5.53. The lowest BCUT2D eigenvalue weighted by atomic mass is 9.84. The minimum atomic E-state index is -4.74. The number of aliphatic hydroxyl groups is 6.